The van der Waals surface area contributed by atoms with Gasteiger partial charge in [0.05, 0.1) is 11.8 Å². The van der Waals surface area contributed by atoms with Crippen molar-refractivity contribution in [1.82, 2.24) is 4.90 Å². The third kappa shape index (κ3) is 3.46. The number of ether oxygens (including phenoxy) is 1. The number of carboxylic acid groups (broad SMARTS) is 1. The van der Waals surface area contributed by atoms with Gasteiger partial charge in [-0.05, 0) is 37.1 Å². The van der Waals surface area contributed by atoms with Crippen LogP contribution in [0, 0.1) is 17.7 Å². The molecule has 2 unspecified atom stereocenters. The van der Waals surface area contributed by atoms with E-state index in [4.69, 9.17) is 9.84 Å². The molecule has 0 spiro atoms. The standard InChI is InChI=1S/C17H20FNO4/c18-11-1-3-12(4-2-11)23-13-7-9-19(10-8-13)16(20)14-5-6-15(14)17(21)22/h1-4,13-15H,5-10H2,(H,21,22). The number of amides is 1. The second-order valence-electron chi connectivity index (χ2n) is 6.22. The van der Waals surface area contributed by atoms with E-state index in [1.807, 2.05) is 0 Å². The maximum atomic E-state index is 12.9. The minimum atomic E-state index is -0.871. The Kier molecular flexibility index (Phi) is 4.50. The van der Waals surface area contributed by atoms with Gasteiger partial charge in [-0.2, -0.15) is 0 Å². The third-order valence-electron chi connectivity index (χ3n) is 4.78. The Morgan fingerprint density at radius 1 is 1.04 bits per heavy atom. The molecule has 1 aromatic rings. The highest BCUT2D eigenvalue weighted by molar-refractivity contribution is 5.86. The number of rotatable bonds is 4. The minimum absolute atomic E-state index is 0.00109. The van der Waals surface area contributed by atoms with Gasteiger partial charge in [0.1, 0.15) is 17.7 Å². The van der Waals surface area contributed by atoms with Gasteiger partial charge in [-0.1, -0.05) is 0 Å². The molecule has 1 aromatic carbocycles. The van der Waals surface area contributed by atoms with E-state index in [-0.39, 0.29) is 23.7 Å². The van der Waals surface area contributed by atoms with Crippen LogP contribution < -0.4 is 4.74 Å². The van der Waals surface area contributed by atoms with E-state index in [1.54, 1.807) is 17.0 Å². The maximum Gasteiger partial charge on any atom is 0.307 e. The molecule has 3 rings (SSSR count). The van der Waals surface area contributed by atoms with E-state index < -0.39 is 11.9 Å². The molecule has 23 heavy (non-hydrogen) atoms. The van der Waals surface area contributed by atoms with Crippen molar-refractivity contribution in [1.29, 1.82) is 0 Å². The first kappa shape index (κ1) is 15.8. The van der Waals surface area contributed by atoms with Crippen LogP contribution in [0.3, 0.4) is 0 Å². The van der Waals surface area contributed by atoms with Gasteiger partial charge < -0.3 is 14.7 Å². The Hall–Kier alpha value is -2.11. The average molecular weight is 321 g/mol. The summed E-state index contributed by atoms with van der Waals surface area (Å²) in [5.74, 6) is -1.46. The van der Waals surface area contributed by atoms with E-state index in [0.717, 1.165) is 0 Å². The lowest BCUT2D eigenvalue weighted by atomic mass is 9.72. The number of piperidine rings is 1. The number of benzene rings is 1. The summed E-state index contributed by atoms with van der Waals surface area (Å²) in [6, 6.07) is 5.91. The maximum absolute atomic E-state index is 12.9. The summed E-state index contributed by atoms with van der Waals surface area (Å²) < 4.78 is 18.7. The summed E-state index contributed by atoms with van der Waals surface area (Å²) in [5.41, 5.74) is 0. The first-order chi connectivity index (χ1) is 11.0. The largest absolute Gasteiger partial charge is 0.490 e. The van der Waals surface area contributed by atoms with E-state index in [2.05, 4.69) is 0 Å². The van der Waals surface area contributed by atoms with Crippen LogP contribution in [0.1, 0.15) is 25.7 Å². The van der Waals surface area contributed by atoms with Crippen LogP contribution >= 0.6 is 0 Å². The van der Waals surface area contributed by atoms with Crippen LogP contribution in [-0.2, 0) is 9.59 Å². The molecule has 1 saturated heterocycles. The predicted molar refractivity (Wildman–Crippen MR) is 80.5 cm³/mol. The normalized spacial score (nSPS) is 24.8. The quantitative estimate of drug-likeness (QED) is 0.924. The van der Waals surface area contributed by atoms with Gasteiger partial charge in [-0.3, -0.25) is 9.59 Å². The zero-order valence-corrected chi connectivity index (χ0v) is 12.8. The molecule has 1 N–H and O–H groups in total. The van der Waals surface area contributed by atoms with Crippen LogP contribution in [0.15, 0.2) is 24.3 Å². The molecule has 2 aliphatic rings. The second-order valence-corrected chi connectivity index (χ2v) is 6.22. The van der Waals surface area contributed by atoms with E-state index in [1.165, 1.54) is 12.1 Å². The highest BCUT2D eigenvalue weighted by atomic mass is 19.1. The highest BCUT2D eigenvalue weighted by Gasteiger charge is 2.43. The number of hydrogen-bond acceptors (Lipinski definition) is 3. The summed E-state index contributed by atoms with van der Waals surface area (Å²) in [6.45, 7) is 1.15. The van der Waals surface area contributed by atoms with Crippen LogP contribution in [0.5, 0.6) is 5.75 Å². The molecule has 0 bridgehead atoms. The Bertz CT molecular complexity index is 581. The van der Waals surface area contributed by atoms with Gasteiger partial charge >= 0.3 is 5.97 Å². The Morgan fingerprint density at radius 3 is 2.17 bits per heavy atom. The lowest BCUT2D eigenvalue weighted by Gasteiger charge is -2.39. The Morgan fingerprint density at radius 2 is 1.65 bits per heavy atom. The molecule has 1 amide bonds. The number of nitrogens with zero attached hydrogens (tertiary/aromatic N) is 1. The van der Waals surface area contributed by atoms with Gasteiger partial charge in [0.2, 0.25) is 5.91 Å². The summed E-state index contributed by atoms with van der Waals surface area (Å²) >= 11 is 0. The Labute approximate surface area is 134 Å². The second kappa shape index (κ2) is 6.56. The van der Waals surface area contributed by atoms with Crippen LogP contribution in [-0.4, -0.2) is 41.1 Å². The summed E-state index contributed by atoms with van der Waals surface area (Å²) in [6.07, 6.45) is 2.67. The molecule has 1 aliphatic heterocycles. The van der Waals surface area contributed by atoms with Crippen molar-refractivity contribution >= 4 is 11.9 Å². The molecule has 6 heteroatoms. The lowest BCUT2D eigenvalue weighted by Crippen LogP contribution is -2.49. The minimum Gasteiger partial charge on any atom is -0.490 e. The molecule has 2 fully saturated rings. The summed E-state index contributed by atoms with van der Waals surface area (Å²) in [4.78, 5) is 25.2. The summed E-state index contributed by atoms with van der Waals surface area (Å²) in [5, 5.41) is 9.06. The van der Waals surface area contributed by atoms with Crippen molar-refractivity contribution in [2.45, 2.75) is 31.8 Å². The molecule has 2 atom stereocenters. The van der Waals surface area contributed by atoms with Crippen LogP contribution in [0.4, 0.5) is 4.39 Å². The van der Waals surface area contributed by atoms with Gasteiger partial charge in [-0.25, -0.2) is 4.39 Å². The molecule has 1 heterocycles. The number of carboxylic acids is 1. The van der Waals surface area contributed by atoms with Gasteiger partial charge in [-0.15, -0.1) is 0 Å². The lowest BCUT2D eigenvalue weighted by molar-refractivity contribution is -0.157. The topological polar surface area (TPSA) is 66.8 Å². The van der Waals surface area contributed by atoms with E-state index in [9.17, 15) is 14.0 Å². The zero-order valence-electron chi connectivity index (χ0n) is 12.8. The first-order valence-corrected chi connectivity index (χ1v) is 7.98. The van der Waals surface area contributed by atoms with Crippen LogP contribution in [0.2, 0.25) is 0 Å². The number of hydrogen-bond donors (Lipinski definition) is 1. The fourth-order valence-electron chi connectivity index (χ4n) is 3.23. The molecule has 1 aliphatic carbocycles. The number of halogens is 1. The fraction of sp³-hybridized carbons (Fsp3) is 0.529. The molecule has 124 valence electrons. The molecular weight excluding hydrogens is 301 g/mol. The van der Waals surface area contributed by atoms with Gasteiger partial charge in [0, 0.05) is 25.9 Å². The number of carbonyl (C=O) groups is 2. The van der Waals surface area contributed by atoms with Crippen LogP contribution in [0.25, 0.3) is 0 Å². The highest BCUT2D eigenvalue weighted by Crippen LogP contribution is 2.36. The number of likely N-dealkylation sites (tertiary alicyclic amines) is 1. The molecule has 1 saturated carbocycles. The van der Waals surface area contributed by atoms with Gasteiger partial charge in [0.15, 0.2) is 0 Å². The van der Waals surface area contributed by atoms with Crippen molar-refractivity contribution in [2.75, 3.05) is 13.1 Å². The monoisotopic (exact) mass is 321 g/mol. The predicted octanol–water partition coefficient (Wildman–Crippen LogP) is 2.31. The Balaban J connectivity index is 1.49. The average Bonchev–Trinajstić information content (AvgIpc) is 2.48. The number of carbonyl (C=O) groups excluding carboxylic acids is 1. The SMILES string of the molecule is O=C(O)C1CCC1C(=O)N1CCC(Oc2ccc(F)cc2)CC1. The smallest absolute Gasteiger partial charge is 0.307 e. The van der Waals surface area contributed by atoms with Crippen molar-refractivity contribution in [3.8, 4) is 5.75 Å². The first-order valence-electron chi connectivity index (χ1n) is 7.98. The molecule has 0 radical (unpaired) electrons. The fourth-order valence-corrected chi connectivity index (χ4v) is 3.23. The van der Waals surface area contributed by atoms with E-state index >= 15 is 0 Å². The van der Waals surface area contributed by atoms with Crippen molar-refractivity contribution in [2.24, 2.45) is 11.8 Å². The van der Waals surface area contributed by atoms with Gasteiger partial charge in [0.25, 0.3) is 0 Å². The number of aliphatic carboxylic acids is 1. The molecule has 5 nitrogen and oxygen atoms in total. The van der Waals surface area contributed by atoms with Crippen molar-refractivity contribution in [3.63, 3.8) is 0 Å². The van der Waals surface area contributed by atoms with E-state index in [0.29, 0.717) is 44.5 Å². The molecule has 0 aromatic heterocycles. The third-order valence-corrected chi connectivity index (χ3v) is 4.78. The van der Waals surface area contributed by atoms with Crippen molar-refractivity contribution < 1.29 is 23.8 Å². The van der Waals surface area contributed by atoms with Crippen molar-refractivity contribution in [3.05, 3.63) is 30.1 Å². The summed E-state index contributed by atoms with van der Waals surface area (Å²) in [7, 11) is 0. The zero-order chi connectivity index (χ0) is 16.4. The molecular formula is C17H20FNO4.